The maximum Gasteiger partial charge on any atom is 0.150 e. The molecule has 0 aliphatic rings. The highest BCUT2D eigenvalue weighted by Crippen LogP contribution is 2.26. The van der Waals surface area contributed by atoms with Crippen molar-refractivity contribution in [2.45, 2.75) is 0 Å². The molecule has 134 valence electrons. The number of benzene rings is 4. The number of carbonyl (C=O) groups is 1. The first-order chi connectivity index (χ1) is 13.8. The highest BCUT2D eigenvalue weighted by molar-refractivity contribution is 5.89. The third kappa shape index (κ3) is 3.51. The van der Waals surface area contributed by atoms with Gasteiger partial charge in [0, 0.05) is 16.7 Å². The Balaban J connectivity index is 1.74. The lowest BCUT2D eigenvalue weighted by Gasteiger charge is -2.07. The first-order valence-electron chi connectivity index (χ1n) is 9.02. The van der Waals surface area contributed by atoms with Crippen molar-refractivity contribution in [1.82, 2.24) is 0 Å². The lowest BCUT2D eigenvalue weighted by atomic mass is 9.96. The topological polar surface area (TPSA) is 26.3 Å². The Hall–Kier alpha value is -3.83. The minimum absolute atomic E-state index is 0.663. The molecule has 0 unspecified atom stereocenters. The van der Waals surface area contributed by atoms with E-state index in [9.17, 15) is 4.79 Å². The molecular formula is C26H18O2. The lowest BCUT2D eigenvalue weighted by Crippen LogP contribution is -1.90. The fraction of sp³-hybridized carbons (Fsp3) is 0.0385. The molecule has 0 amide bonds. The molecule has 4 aromatic rings. The van der Waals surface area contributed by atoms with Crippen LogP contribution in [-0.2, 0) is 0 Å². The predicted octanol–water partition coefficient (Wildman–Crippen LogP) is 5.73. The van der Waals surface area contributed by atoms with E-state index in [0.29, 0.717) is 5.56 Å². The maximum absolute atomic E-state index is 11.4. The number of hydrogen-bond donors (Lipinski definition) is 0. The Kier molecular flexibility index (Phi) is 4.91. The normalized spacial score (nSPS) is 10.2. The van der Waals surface area contributed by atoms with E-state index in [1.807, 2.05) is 72.8 Å². The van der Waals surface area contributed by atoms with Crippen LogP contribution in [0.2, 0.25) is 0 Å². The van der Waals surface area contributed by atoms with Crippen molar-refractivity contribution < 1.29 is 9.53 Å². The fourth-order valence-electron chi connectivity index (χ4n) is 3.24. The second-order valence-corrected chi connectivity index (χ2v) is 6.43. The van der Waals surface area contributed by atoms with Crippen molar-refractivity contribution in [3.8, 4) is 28.7 Å². The third-order valence-corrected chi connectivity index (χ3v) is 4.69. The molecule has 0 atom stereocenters. The molecule has 2 heteroatoms. The largest absolute Gasteiger partial charge is 0.497 e. The summed E-state index contributed by atoms with van der Waals surface area (Å²) in [5.74, 6) is 7.38. The quantitative estimate of drug-likeness (QED) is 0.344. The summed E-state index contributed by atoms with van der Waals surface area (Å²) in [4.78, 5) is 11.4. The Bertz CT molecular complexity index is 1230. The van der Waals surface area contributed by atoms with Crippen LogP contribution >= 0.6 is 0 Å². The van der Waals surface area contributed by atoms with Crippen LogP contribution in [0, 0.1) is 11.8 Å². The van der Waals surface area contributed by atoms with Crippen molar-refractivity contribution in [2.75, 3.05) is 7.11 Å². The Morgan fingerprint density at radius 3 is 2.29 bits per heavy atom. The molecule has 0 saturated carbocycles. The predicted molar refractivity (Wildman–Crippen MR) is 114 cm³/mol. The molecule has 0 fully saturated rings. The molecule has 0 radical (unpaired) electrons. The van der Waals surface area contributed by atoms with E-state index in [0.717, 1.165) is 45.1 Å². The number of aldehydes is 1. The van der Waals surface area contributed by atoms with E-state index in [1.54, 1.807) is 7.11 Å². The number of ether oxygens (including phenoxy) is 1. The van der Waals surface area contributed by atoms with Gasteiger partial charge in [-0.2, -0.15) is 0 Å². The van der Waals surface area contributed by atoms with Gasteiger partial charge < -0.3 is 4.74 Å². The molecule has 0 aliphatic carbocycles. The second kappa shape index (κ2) is 7.82. The van der Waals surface area contributed by atoms with Crippen LogP contribution in [0.25, 0.3) is 21.9 Å². The van der Waals surface area contributed by atoms with Gasteiger partial charge in [0.15, 0.2) is 6.29 Å². The highest BCUT2D eigenvalue weighted by Gasteiger charge is 2.07. The molecule has 0 spiro atoms. The van der Waals surface area contributed by atoms with Gasteiger partial charge in [-0.15, -0.1) is 0 Å². The summed E-state index contributed by atoms with van der Waals surface area (Å²) in [6.45, 7) is 0. The lowest BCUT2D eigenvalue weighted by molar-refractivity contribution is 0.112. The van der Waals surface area contributed by atoms with Gasteiger partial charge >= 0.3 is 0 Å². The van der Waals surface area contributed by atoms with Crippen LogP contribution in [0.3, 0.4) is 0 Å². The molecule has 0 aromatic heterocycles. The number of hydrogen-bond acceptors (Lipinski definition) is 2. The fourth-order valence-corrected chi connectivity index (χ4v) is 3.24. The van der Waals surface area contributed by atoms with Gasteiger partial charge in [-0.1, -0.05) is 66.4 Å². The van der Waals surface area contributed by atoms with Gasteiger partial charge in [-0.3, -0.25) is 4.79 Å². The zero-order chi connectivity index (χ0) is 19.3. The van der Waals surface area contributed by atoms with Gasteiger partial charge in [0.2, 0.25) is 0 Å². The molecule has 2 nitrogen and oxygen atoms in total. The Morgan fingerprint density at radius 2 is 1.46 bits per heavy atom. The molecule has 0 bridgehead atoms. The molecule has 0 aliphatic heterocycles. The zero-order valence-electron chi connectivity index (χ0n) is 15.5. The summed E-state index contributed by atoms with van der Waals surface area (Å²) >= 11 is 0. The second-order valence-electron chi connectivity index (χ2n) is 6.43. The molecule has 4 rings (SSSR count). The number of methoxy groups -OCH3 is 1. The van der Waals surface area contributed by atoms with E-state index in [4.69, 9.17) is 4.74 Å². The minimum Gasteiger partial charge on any atom is -0.497 e. The Labute approximate surface area is 164 Å². The molecule has 0 saturated heterocycles. The molecular weight excluding hydrogens is 344 g/mol. The smallest absolute Gasteiger partial charge is 0.150 e. The average molecular weight is 362 g/mol. The zero-order valence-corrected chi connectivity index (χ0v) is 15.5. The molecule has 0 N–H and O–H groups in total. The number of fused-ring (bicyclic) bond motifs is 1. The molecule has 28 heavy (non-hydrogen) atoms. The van der Waals surface area contributed by atoms with E-state index in [1.165, 1.54) is 0 Å². The summed E-state index contributed by atoms with van der Waals surface area (Å²) in [5.41, 5.74) is 4.36. The van der Waals surface area contributed by atoms with Crippen molar-refractivity contribution in [1.29, 1.82) is 0 Å². The van der Waals surface area contributed by atoms with Crippen molar-refractivity contribution in [2.24, 2.45) is 0 Å². The van der Waals surface area contributed by atoms with E-state index in [2.05, 4.69) is 24.0 Å². The van der Waals surface area contributed by atoms with Crippen LogP contribution in [0.1, 0.15) is 21.5 Å². The number of rotatable bonds is 3. The van der Waals surface area contributed by atoms with Crippen LogP contribution in [0.15, 0.2) is 84.9 Å². The van der Waals surface area contributed by atoms with Crippen LogP contribution < -0.4 is 4.74 Å². The summed E-state index contributed by atoms with van der Waals surface area (Å²) in [5, 5.41) is 2.23. The summed E-state index contributed by atoms with van der Waals surface area (Å²) in [7, 11) is 1.67. The first-order valence-corrected chi connectivity index (χ1v) is 9.02. The molecule has 0 heterocycles. The van der Waals surface area contributed by atoms with Crippen molar-refractivity contribution in [3.05, 3.63) is 102 Å². The minimum atomic E-state index is 0.663. The van der Waals surface area contributed by atoms with E-state index in [-0.39, 0.29) is 0 Å². The van der Waals surface area contributed by atoms with Crippen molar-refractivity contribution in [3.63, 3.8) is 0 Å². The van der Waals surface area contributed by atoms with Gasteiger partial charge in [0.1, 0.15) is 5.75 Å². The van der Waals surface area contributed by atoms with Gasteiger partial charge in [-0.05, 0) is 52.2 Å². The third-order valence-electron chi connectivity index (χ3n) is 4.69. The van der Waals surface area contributed by atoms with Gasteiger partial charge in [-0.25, -0.2) is 0 Å². The van der Waals surface area contributed by atoms with Crippen LogP contribution in [0.4, 0.5) is 0 Å². The van der Waals surface area contributed by atoms with Crippen LogP contribution in [-0.4, -0.2) is 13.4 Å². The number of carbonyl (C=O) groups excluding carboxylic acids is 1. The van der Waals surface area contributed by atoms with Gasteiger partial charge in [0.05, 0.1) is 7.11 Å². The molecule has 4 aromatic carbocycles. The highest BCUT2D eigenvalue weighted by atomic mass is 16.5. The van der Waals surface area contributed by atoms with E-state index < -0.39 is 0 Å². The van der Waals surface area contributed by atoms with Crippen LogP contribution in [0.5, 0.6) is 5.75 Å². The standard InChI is InChI=1S/C26H18O2/c1-28-24-15-14-21-16-19(11-13-22(21)17-24)10-12-20-6-2-4-8-25(20)26-9-5-3-7-23(26)18-27/h2-9,11,13-18H,1H3. The van der Waals surface area contributed by atoms with Crippen molar-refractivity contribution >= 4 is 17.1 Å². The average Bonchev–Trinajstić information content (AvgIpc) is 2.77. The summed E-state index contributed by atoms with van der Waals surface area (Å²) in [6, 6.07) is 27.6. The first kappa shape index (κ1) is 17.6. The summed E-state index contributed by atoms with van der Waals surface area (Å²) in [6.07, 6.45) is 0.886. The van der Waals surface area contributed by atoms with Gasteiger partial charge in [0.25, 0.3) is 0 Å². The SMILES string of the molecule is COc1ccc2cc(C#Cc3ccccc3-c3ccccc3C=O)ccc2c1. The monoisotopic (exact) mass is 362 g/mol. The Morgan fingerprint density at radius 1 is 0.750 bits per heavy atom. The van der Waals surface area contributed by atoms with E-state index >= 15 is 0 Å². The summed E-state index contributed by atoms with van der Waals surface area (Å²) < 4.78 is 5.28. The maximum atomic E-state index is 11.4.